The van der Waals surface area contributed by atoms with Gasteiger partial charge in [-0.3, -0.25) is 20.0 Å². The van der Waals surface area contributed by atoms with E-state index >= 15 is 0 Å². The summed E-state index contributed by atoms with van der Waals surface area (Å²) in [6.45, 7) is 0. The molecule has 0 saturated carbocycles. The highest BCUT2D eigenvalue weighted by atomic mass is 35.5. The summed E-state index contributed by atoms with van der Waals surface area (Å²) in [7, 11) is 0. The summed E-state index contributed by atoms with van der Waals surface area (Å²) in [5.74, 6) is -0.584. The zero-order valence-corrected chi connectivity index (χ0v) is 11.1. The largest absolute Gasteiger partial charge is 0.282 e. The van der Waals surface area contributed by atoms with E-state index < -0.39 is 17.2 Å². The molecule has 1 heterocycles. The summed E-state index contributed by atoms with van der Waals surface area (Å²) in [5, 5.41) is 0.223. The molecule has 0 spiro atoms. The van der Waals surface area contributed by atoms with Crippen molar-refractivity contribution < 1.29 is 9.59 Å². The maximum atomic E-state index is 11.6. The molecule has 7 heteroatoms. The van der Waals surface area contributed by atoms with E-state index in [-0.39, 0.29) is 10.1 Å². The van der Waals surface area contributed by atoms with Crippen LogP contribution < -0.4 is 10.4 Å². The molecular formula is C11H7Cl3N2O2. The van der Waals surface area contributed by atoms with Crippen LogP contribution in [0.5, 0.6) is 0 Å². The third kappa shape index (κ3) is 2.32. The monoisotopic (exact) mass is 304 g/mol. The van der Waals surface area contributed by atoms with Crippen molar-refractivity contribution in [3.63, 3.8) is 0 Å². The Labute approximate surface area is 118 Å². The second kappa shape index (κ2) is 5.18. The van der Waals surface area contributed by atoms with Crippen LogP contribution in [0, 0.1) is 0 Å². The first-order chi connectivity index (χ1) is 8.52. The molecule has 1 aliphatic rings. The predicted octanol–water partition coefficient (Wildman–Crippen LogP) is 2.36. The number of hydrogen-bond acceptors (Lipinski definition) is 3. The zero-order chi connectivity index (χ0) is 13.3. The molecule has 1 aromatic rings. The highest BCUT2D eigenvalue weighted by Gasteiger charge is 2.37. The van der Waals surface area contributed by atoms with Gasteiger partial charge in [0.2, 0.25) is 0 Å². The van der Waals surface area contributed by atoms with Crippen LogP contribution in [0.3, 0.4) is 0 Å². The first kappa shape index (κ1) is 13.2. The fraction of sp³-hybridized carbons (Fsp3) is 0.0909. The van der Waals surface area contributed by atoms with Gasteiger partial charge in [-0.2, -0.15) is 0 Å². The standard InChI is InChI=1S/C11H7Cl3N2O2/c12-7-8(13)11(18)15-16(9(7)10(14)17)6-4-2-1-3-5-6/h1-5,9H,(H,15,18). The van der Waals surface area contributed by atoms with Gasteiger partial charge in [0.15, 0.2) is 6.04 Å². The molecule has 0 aromatic heterocycles. The molecule has 1 amide bonds. The lowest BCUT2D eigenvalue weighted by Gasteiger charge is -2.34. The summed E-state index contributed by atoms with van der Waals surface area (Å²) in [5.41, 5.74) is 3.04. The normalized spacial score (nSPS) is 19.8. The van der Waals surface area contributed by atoms with Gasteiger partial charge in [-0.15, -0.1) is 0 Å². The lowest BCUT2D eigenvalue weighted by atomic mass is 10.2. The number of benzene rings is 1. The summed E-state index contributed by atoms with van der Waals surface area (Å²) in [6, 6.07) is 7.70. The summed E-state index contributed by atoms with van der Waals surface area (Å²) >= 11 is 17.1. The third-order valence-corrected chi connectivity index (χ3v) is 3.45. The van der Waals surface area contributed by atoms with Crippen LogP contribution in [0.1, 0.15) is 0 Å². The minimum absolute atomic E-state index is 0.0933. The number of carbonyl (C=O) groups is 2. The van der Waals surface area contributed by atoms with Crippen LogP contribution in [-0.2, 0) is 9.59 Å². The minimum Gasteiger partial charge on any atom is -0.278 e. The van der Waals surface area contributed by atoms with Crippen molar-refractivity contribution in [2.45, 2.75) is 6.04 Å². The maximum Gasteiger partial charge on any atom is 0.282 e. The van der Waals surface area contributed by atoms with E-state index in [1.165, 1.54) is 5.01 Å². The highest BCUT2D eigenvalue weighted by Crippen LogP contribution is 2.30. The number of anilines is 1. The van der Waals surface area contributed by atoms with E-state index in [9.17, 15) is 9.59 Å². The molecule has 18 heavy (non-hydrogen) atoms. The van der Waals surface area contributed by atoms with Crippen LogP contribution in [-0.4, -0.2) is 17.2 Å². The fourth-order valence-corrected chi connectivity index (χ4v) is 2.26. The SMILES string of the molecule is O=C1NN(c2ccccc2)C(C(=O)Cl)C(Cl)=C1Cl. The van der Waals surface area contributed by atoms with Gasteiger partial charge in [0.25, 0.3) is 11.1 Å². The number of hydrazine groups is 1. The molecule has 94 valence electrons. The Morgan fingerprint density at radius 3 is 2.39 bits per heavy atom. The van der Waals surface area contributed by atoms with Crippen molar-refractivity contribution in [3.8, 4) is 0 Å². The van der Waals surface area contributed by atoms with Gasteiger partial charge in [0.05, 0.1) is 10.7 Å². The molecule has 1 N–H and O–H groups in total. The van der Waals surface area contributed by atoms with E-state index in [1.807, 2.05) is 0 Å². The molecule has 0 saturated heterocycles. The van der Waals surface area contributed by atoms with Gasteiger partial charge in [-0.25, -0.2) is 0 Å². The Morgan fingerprint density at radius 1 is 1.22 bits per heavy atom. The van der Waals surface area contributed by atoms with Gasteiger partial charge in [0, 0.05) is 0 Å². The number of rotatable bonds is 2. The highest BCUT2D eigenvalue weighted by molar-refractivity contribution is 6.67. The molecule has 0 aliphatic carbocycles. The fourth-order valence-electron chi connectivity index (χ4n) is 1.57. The van der Waals surface area contributed by atoms with Crippen molar-refractivity contribution in [1.29, 1.82) is 0 Å². The van der Waals surface area contributed by atoms with Crippen molar-refractivity contribution >= 4 is 51.6 Å². The van der Waals surface area contributed by atoms with E-state index in [2.05, 4.69) is 5.43 Å². The van der Waals surface area contributed by atoms with Gasteiger partial charge in [-0.1, -0.05) is 41.4 Å². The smallest absolute Gasteiger partial charge is 0.278 e. The molecule has 1 unspecified atom stereocenters. The van der Waals surface area contributed by atoms with Crippen molar-refractivity contribution in [1.82, 2.24) is 5.43 Å². The van der Waals surface area contributed by atoms with Gasteiger partial charge >= 0.3 is 0 Å². The van der Waals surface area contributed by atoms with Crippen molar-refractivity contribution in [2.75, 3.05) is 5.01 Å². The topological polar surface area (TPSA) is 49.4 Å². The Kier molecular flexibility index (Phi) is 3.80. The lowest BCUT2D eigenvalue weighted by molar-refractivity contribution is -0.118. The lowest BCUT2D eigenvalue weighted by Crippen LogP contribution is -2.55. The maximum absolute atomic E-state index is 11.6. The molecule has 1 aromatic carbocycles. The number of carbonyl (C=O) groups excluding carboxylic acids is 2. The first-order valence-electron chi connectivity index (χ1n) is 4.92. The second-order valence-electron chi connectivity index (χ2n) is 3.52. The quantitative estimate of drug-likeness (QED) is 0.853. The van der Waals surface area contributed by atoms with Crippen LogP contribution >= 0.6 is 34.8 Å². The van der Waals surface area contributed by atoms with Crippen molar-refractivity contribution in [3.05, 3.63) is 40.4 Å². The van der Waals surface area contributed by atoms with Crippen LogP contribution in [0.25, 0.3) is 0 Å². The zero-order valence-electron chi connectivity index (χ0n) is 8.86. The van der Waals surface area contributed by atoms with Gasteiger partial charge < -0.3 is 0 Å². The molecule has 4 nitrogen and oxygen atoms in total. The molecule has 0 bridgehead atoms. The van der Waals surface area contributed by atoms with Crippen LogP contribution in [0.4, 0.5) is 5.69 Å². The molecule has 0 fully saturated rings. The molecule has 0 radical (unpaired) electrons. The number of nitrogens with zero attached hydrogens (tertiary/aromatic N) is 1. The predicted molar refractivity (Wildman–Crippen MR) is 70.4 cm³/mol. The van der Waals surface area contributed by atoms with Crippen molar-refractivity contribution in [2.24, 2.45) is 0 Å². The Balaban J connectivity index is 2.48. The van der Waals surface area contributed by atoms with Crippen LogP contribution in [0.2, 0.25) is 0 Å². The molecule has 1 atom stereocenters. The minimum atomic E-state index is -1.03. The van der Waals surface area contributed by atoms with E-state index in [1.54, 1.807) is 30.3 Å². The van der Waals surface area contributed by atoms with Crippen LogP contribution in [0.15, 0.2) is 40.4 Å². The number of nitrogens with one attached hydrogen (secondary N) is 1. The third-order valence-electron chi connectivity index (χ3n) is 2.38. The Bertz CT molecular complexity index is 530. The van der Waals surface area contributed by atoms with E-state index in [0.29, 0.717) is 5.69 Å². The molecule has 1 aliphatic heterocycles. The molecular weight excluding hydrogens is 298 g/mol. The Morgan fingerprint density at radius 2 is 1.83 bits per heavy atom. The van der Waals surface area contributed by atoms with Gasteiger partial charge in [0.1, 0.15) is 5.03 Å². The first-order valence-corrected chi connectivity index (χ1v) is 6.05. The summed E-state index contributed by atoms with van der Waals surface area (Å²) in [6.07, 6.45) is 0. The number of hydrogen-bond donors (Lipinski definition) is 1. The number of halogens is 3. The molecule has 2 rings (SSSR count). The summed E-state index contributed by atoms with van der Waals surface area (Å²) < 4.78 is 0. The van der Waals surface area contributed by atoms with E-state index in [4.69, 9.17) is 34.8 Å². The Hall–Kier alpha value is -1.23. The summed E-state index contributed by atoms with van der Waals surface area (Å²) in [4.78, 5) is 23.0. The number of para-hydroxylation sites is 1. The van der Waals surface area contributed by atoms with E-state index in [0.717, 1.165) is 0 Å². The average Bonchev–Trinajstić information content (AvgIpc) is 2.36. The average molecular weight is 306 g/mol. The second-order valence-corrected chi connectivity index (χ2v) is 4.67. The van der Waals surface area contributed by atoms with Gasteiger partial charge in [-0.05, 0) is 23.7 Å². The number of amides is 1.